The lowest BCUT2D eigenvalue weighted by atomic mass is 10.00. The van der Waals surface area contributed by atoms with Crippen molar-refractivity contribution in [2.75, 3.05) is 13.2 Å². The van der Waals surface area contributed by atoms with Gasteiger partial charge in [0.15, 0.2) is 0 Å². The molecule has 0 spiro atoms. The largest absolute Gasteiger partial charge is 0.493 e. The molecule has 3 heteroatoms. The Morgan fingerprint density at radius 2 is 1.89 bits per heavy atom. The third-order valence-corrected chi connectivity index (χ3v) is 3.01. The van der Waals surface area contributed by atoms with Gasteiger partial charge in [0.2, 0.25) is 0 Å². The molecule has 108 valence electrons. The van der Waals surface area contributed by atoms with Crippen molar-refractivity contribution < 1.29 is 14.9 Å². The summed E-state index contributed by atoms with van der Waals surface area (Å²) in [6.07, 6.45) is 0.619. The minimum atomic E-state index is -0.654. The highest BCUT2D eigenvalue weighted by Gasteiger charge is 2.11. The number of hydrogen-bond acceptors (Lipinski definition) is 3. The van der Waals surface area contributed by atoms with E-state index in [9.17, 15) is 5.11 Å². The van der Waals surface area contributed by atoms with Gasteiger partial charge in [-0.2, -0.15) is 0 Å². The molecule has 0 heterocycles. The van der Waals surface area contributed by atoms with E-state index in [1.807, 2.05) is 0 Å². The van der Waals surface area contributed by atoms with Crippen LogP contribution in [0.5, 0.6) is 5.75 Å². The van der Waals surface area contributed by atoms with Gasteiger partial charge in [0.1, 0.15) is 5.75 Å². The predicted octanol–water partition coefficient (Wildman–Crippen LogP) is 2.62. The lowest BCUT2D eigenvalue weighted by Gasteiger charge is -2.17. The highest BCUT2D eigenvalue weighted by atomic mass is 16.5. The molecular weight excluding hydrogens is 240 g/mol. The van der Waals surface area contributed by atoms with Crippen molar-refractivity contribution in [3.63, 3.8) is 0 Å². The fourth-order valence-corrected chi connectivity index (χ4v) is 2.10. The Labute approximate surface area is 116 Å². The molecule has 0 bridgehead atoms. The number of hydrogen-bond donors (Lipinski definition) is 2. The number of aliphatic hydroxyl groups is 2. The van der Waals surface area contributed by atoms with Crippen LogP contribution < -0.4 is 4.74 Å². The monoisotopic (exact) mass is 266 g/mol. The summed E-state index contributed by atoms with van der Waals surface area (Å²) in [5, 5.41) is 18.4. The average Bonchev–Trinajstić information content (AvgIpc) is 2.34. The van der Waals surface area contributed by atoms with Crippen molar-refractivity contribution >= 4 is 0 Å². The van der Waals surface area contributed by atoms with Crippen molar-refractivity contribution in [1.82, 2.24) is 0 Å². The highest BCUT2D eigenvalue weighted by Crippen LogP contribution is 2.27. The van der Waals surface area contributed by atoms with Gasteiger partial charge in [0, 0.05) is 0 Å². The maximum atomic E-state index is 9.48. The van der Waals surface area contributed by atoms with Crippen molar-refractivity contribution in [1.29, 1.82) is 0 Å². The highest BCUT2D eigenvalue weighted by molar-refractivity contribution is 5.44. The molecule has 1 rings (SSSR count). The lowest BCUT2D eigenvalue weighted by Crippen LogP contribution is -2.14. The summed E-state index contributed by atoms with van der Waals surface area (Å²) in [6, 6.07) is 4.22. The van der Waals surface area contributed by atoms with Gasteiger partial charge in [-0.1, -0.05) is 31.5 Å². The van der Waals surface area contributed by atoms with Gasteiger partial charge >= 0.3 is 0 Å². The molecule has 1 atom stereocenters. The van der Waals surface area contributed by atoms with E-state index in [4.69, 9.17) is 9.84 Å². The molecule has 0 aliphatic rings. The fourth-order valence-electron chi connectivity index (χ4n) is 2.10. The van der Waals surface area contributed by atoms with Crippen LogP contribution in [0.15, 0.2) is 12.1 Å². The number of aryl methyl sites for hydroxylation is 3. The first-order valence-corrected chi connectivity index (χ1v) is 6.95. The van der Waals surface area contributed by atoms with Gasteiger partial charge in [-0.05, 0) is 43.7 Å². The van der Waals surface area contributed by atoms with E-state index in [0.717, 1.165) is 23.3 Å². The molecule has 0 aliphatic heterocycles. The van der Waals surface area contributed by atoms with E-state index >= 15 is 0 Å². The maximum absolute atomic E-state index is 9.48. The zero-order valence-electron chi connectivity index (χ0n) is 12.4. The Morgan fingerprint density at radius 3 is 2.47 bits per heavy atom. The van der Waals surface area contributed by atoms with Crippen LogP contribution in [0.3, 0.4) is 0 Å². The van der Waals surface area contributed by atoms with E-state index in [1.54, 1.807) is 0 Å². The summed E-state index contributed by atoms with van der Waals surface area (Å²) < 4.78 is 5.91. The van der Waals surface area contributed by atoms with Gasteiger partial charge < -0.3 is 14.9 Å². The zero-order valence-corrected chi connectivity index (χ0v) is 12.4. The minimum absolute atomic E-state index is 0.188. The predicted molar refractivity (Wildman–Crippen MR) is 77.7 cm³/mol. The molecule has 19 heavy (non-hydrogen) atoms. The molecule has 0 amide bonds. The summed E-state index contributed by atoms with van der Waals surface area (Å²) in [7, 11) is 0. The SMILES string of the molecule is Cc1cc(C)c(OCC(C)C)c(CCC(O)CO)c1. The van der Waals surface area contributed by atoms with Crippen LogP contribution in [0, 0.1) is 19.8 Å². The van der Waals surface area contributed by atoms with Crippen LogP contribution in [-0.2, 0) is 6.42 Å². The lowest BCUT2D eigenvalue weighted by molar-refractivity contribution is 0.0883. The van der Waals surface area contributed by atoms with Gasteiger partial charge in [-0.15, -0.1) is 0 Å². The second kappa shape index (κ2) is 7.51. The number of benzene rings is 1. The second-order valence-electron chi connectivity index (χ2n) is 5.65. The topological polar surface area (TPSA) is 49.7 Å². The molecule has 0 aliphatic carbocycles. The number of ether oxygens (including phenoxy) is 1. The van der Waals surface area contributed by atoms with Gasteiger partial charge in [-0.25, -0.2) is 0 Å². The quantitative estimate of drug-likeness (QED) is 0.797. The minimum Gasteiger partial charge on any atom is -0.493 e. The van der Waals surface area contributed by atoms with Gasteiger partial charge in [0.25, 0.3) is 0 Å². The van der Waals surface area contributed by atoms with Crippen LogP contribution in [0.2, 0.25) is 0 Å². The molecule has 2 N–H and O–H groups in total. The molecule has 0 fully saturated rings. The van der Waals surface area contributed by atoms with E-state index in [-0.39, 0.29) is 6.61 Å². The molecule has 1 unspecified atom stereocenters. The van der Waals surface area contributed by atoms with E-state index in [1.165, 1.54) is 5.56 Å². The van der Waals surface area contributed by atoms with Crippen molar-refractivity contribution in [2.45, 2.75) is 46.6 Å². The van der Waals surface area contributed by atoms with E-state index in [2.05, 4.69) is 39.8 Å². The number of rotatable bonds is 7. The molecule has 0 saturated carbocycles. The summed E-state index contributed by atoms with van der Waals surface area (Å²) in [5.41, 5.74) is 3.45. The van der Waals surface area contributed by atoms with Crippen molar-refractivity contribution in [3.8, 4) is 5.75 Å². The Morgan fingerprint density at radius 1 is 1.21 bits per heavy atom. The average molecular weight is 266 g/mol. The Kier molecular flexibility index (Phi) is 6.32. The summed E-state index contributed by atoms with van der Waals surface area (Å²) in [4.78, 5) is 0. The third-order valence-electron chi connectivity index (χ3n) is 3.01. The van der Waals surface area contributed by atoms with Gasteiger partial charge in [0.05, 0.1) is 19.3 Å². The molecule has 1 aromatic rings. The Balaban J connectivity index is 2.86. The summed E-state index contributed by atoms with van der Waals surface area (Å²) in [6.45, 7) is 8.86. The second-order valence-corrected chi connectivity index (χ2v) is 5.65. The van der Waals surface area contributed by atoms with E-state index < -0.39 is 6.10 Å². The first-order valence-electron chi connectivity index (χ1n) is 6.95. The van der Waals surface area contributed by atoms with E-state index in [0.29, 0.717) is 18.9 Å². The summed E-state index contributed by atoms with van der Waals surface area (Å²) in [5.74, 6) is 1.42. The molecule has 1 aromatic carbocycles. The van der Waals surface area contributed by atoms with Crippen LogP contribution in [0.25, 0.3) is 0 Å². The molecule has 3 nitrogen and oxygen atoms in total. The smallest absolute Gasteiger partial charge is 0.125 e. The standard InChI is InChI=1S/C16H26O3/c1-11(2)10-19-16-13(4)7-12(3)8-14(16)5-6-15(18)9-17/h7-8,11,15,17-18H,5-6,9-10H2,1-4H3. The third kappa shape index (κ3) is 5.21. The molecule has 0 aromatic heterocycles. The van der Waals surface area contributed by atoms with Crippen LogP contribution in [0.4, 0.5) is 0 Å². The Bertz CT molecular complexity index is 399. The normalized spacial score (nSPS) is 12.8. The zero-order chi connectivity index (χ0) is 14.4. The van der Waals surface area contributed by atoms with Crippen molar-refractivity contribution in [2.24, 2.45) is 5.92 Å². The van der Waals surface area contributed by atoms with Gasteiger partial charge in [-0.3, -0.25) is 0 Å². The Hall–Kier alpha value is -1.06. The fraction of sp³-hybridized carbons (Fsp3) is 0.625. The molecule has 0 saturated heterocycles. The maximum Gasteiger partial charge on any atom is 0.125 e. The summed E-state index contributed by atoms with van der Waals surface area (Å²) >= 11 is 0. The number of aliphatic hydroxyl groups excluding tert-OH is 2. The molecular formula is C16H26O3. The first kappa shape index (κ1) is 16.0. The van der Waals surface area contributed by atoms with Crippen molar-refractivity contribution in [3.05, 3.63) is 28.8 Å². The van der Waals surface area contributed by atoms with Crippen LogP contribution in [-0.4, -0.2) is 29.5 Å². The van der Waals surface area contributed by atoms with Crippen LogP contribution in [0.1, 0.15) is 37.0 Å². The van der Waals surface area contributed by atoms with Crippen LogP contribution >= 0.6 is 0 Å². The molecule has 0 radical (unpaired) electrons. The first-order chi connectivity index (χ1) is 8.93.